The van der Waals surface area contributed by atoms with Gasteiger partial charge in [0, 0.05) is 36.7 Å². The summed E-state index contributed by atoms with van der Waals surface area (Å²) >= 11 is 1.45. The van der Waals surface area contributed by atoms with Gasteiger partial charge in [-0.3, -0.25) is 9.59 Å². The van der Waals surface area contributed by atoms with E-state index in [2.05, 4.69) is 20.3 Å². The molecule has 2 amide bonds. The van der Waals surface area contributed by atoms with E-state index in [0.717, 1.165) is 15.9 Å². The number of carbonyl (C=O) groups is 2. The molecular formula is C18H18N4O2S. The molecule has 2 aromatic carbocycles. The van der Waals surface area contributed by atoms with Crippen LogP contribution in [0.3, 0.4) is 0 Å². The summed E-state index contributed by atoms with van der Waals surface area (Å²) in [5.41, 5.74) is 1.22. The molecule has 0 atom stereocenters. The van der Waals surface area contributed by atoms with Crippen LogP contribution in [0.2, 0.25) is 0 Å². The topological polar surface area (TPSA) is 83.1 Å². The molecule has 0 aliphatic carbocycles. The second-order valence-corrected chi connectivity index (χ2v) is 6.27. The van der Waals surface area contributed by atoms with Crippen molar-refractivity contribution in [1.82, 2.24) is 9.69 Å². The van der Waals surface area contributed by atoms with Gasteiger partial charge in [-0.05, 0) is 47.9 Å². The van der Waals surface area contributed by atoms with Crippen molar-refractivity contribution in [2.24, 2.45) is 0 Å². The molecule has 128 valence electrons. The highest BCUT2D eigenvalue weighted by Crippen LogP contribution is 2.25. The average molecular weight is 354 g/mol. The van der Waals surface area contributed by atoms with Crippen LogP contribution in [0.15, 0.2) is 48.5 Å². The Morgan fingerprint density at radius 1 is 1.04 bits per heavy atom. The number of amides is 2. The maximum absolute atomic E-state index is 12.1. The molecule has 6 nitrogen and oxygen atoms in total. The Hall–Kier alpha value is -2.93. The normalized spacial score (nSPS) is 10.4. The van der Waals surface area contributed by atoms with E-state index in [0.29, 0.717) is 24.3 Å². The monoisotopic (exact) mass is 354 g/mol. The third-order valence-electron chi connectivity index (χ3n) is 3.55. The van der Waals surface area contributed by atoms with Gasteiger partial charge in [-0.25, -0.2) is 0 Å². The van der Waals surface area contributed by atoms with Crippen LogP contribution in [0.25, 0.3) is 10.1 Å². The molecule has 0 spiro atoms. The minimum absolute atomic E-state index is 0.141. The van der Waals surface area contributed by atoms with Crippen LogP contribution < -0.4 is 16.0 Å². The van der Waals surface area contributed by atoms with E-state index < -0.39 is 0 Å². The average Bonchev–Trinajstić information content (AvgIpc) is 3.02. The molecule has 1 aromatic heterocycles. The quantitative estimate of drug-likeness (QED) is 0.594. The molecule has 7 heteroatoms. The lowest BCUT2D eigenvalue weighted by Gasteiger charge is -2.07. The third kappa shape index (κ3) is 4.33. The van der Waals surface area contributed by atoms with Crippen molar-refractivity contribution in [2.75, 3.05) is 23.7 Å². The van der Waals surface area contributed by atoms with E-state index >= 15 is 0 Å². The fourth-order valence-corrected chi connectivity index (χ4v) is 3.14. The second-order valence-electron chi connectivity index (χ2n) is 5.47. The standard InChI is InChI=1S/C18H18N4O2S/c1-12(23)21-14-8-6-13(7-9-14)18(24)20-11-10-19-17-15-4-2-3-5-16(15)25-22-17/h2-9H,10-11H2,1H3,(H,19,22)(H,20,24)(H,21,23). The summed E-state index contributed by atoms with van der Waals surface area (Å²) in [5.74, 6) is 0.548. The molecule has 0 bridgehead atoms. The number of hydrogen-bond acceptors (Lipinski definition) is 5. The maximum Gasteiger partial charge on any atom is 0.251 e. The van der Waals surface area contributed by atoms with Gasteiger partial charge in [0.2, 0.25) is 5.91 Å². The molecule has 3 rings (SSSR count). The zero-order chi connectivity index (χ0) is 17.6. The van der Waals surface area contributed by atoms with Crippen LogP contribution in [0, 0.1) is 0 Å². The molecule has 0 saturated carbocycles. The maximum atomic E-state index is 12.1. The Balaban J connectivity index is 1.48. The molecule has 1 heterocycles. The number of benzene rings is 2. The minimum Gasteiger partial charge on any atom is -0.367 e. The van der Waals surface area contributed by atoms with Gasteiger partial charge >= 0.3 is 0 Å². The predicted octanol–water partition coefficient (Wildman–Crippen LogP) is 3.10. The SMILES string of the molecule is CC(=O)Nc1ccc(C(=O)NCCNc2nsc3ccccc23)cc1. The zero-order valence-corrected chi connectivity index (χ0v) is 14.5. The first-order chi connectivity index (χ1) is 12.1. The largest absolute Gasteiger partial charge is 0.367 e. The van der Waals surface area contributed by atoms with Crippen molar-refractivity contribution >= 4 is 44.9 Å². The molecule has 0 aliphatic heterocycles. The molecule has 0 radical (unpaired) electrons. The number of hydrogen-bond donors (Lipinski definition) is 3. The van der Waals surface area contributed by atoms with Gasteiger partial charge in [0.05, 0.1) is 4.70 Å². The van der Waals surface area contributed by atoms with Crippen molar-refractivity contribution < 1.29 is 9.59 Å². The van der Waals surface area contributed by atoms with E-state index in [1.807, 2.05) is 24.3 Å². The minimum atomic E-state index is -0.153. The number of fused-ring (bicyclic) bond motifs is 1. The smallest absolute Gasteiger partial charge is 0.251 e. The highest BCUT2D eigenvalue weighted by Gasteiger charge is 2.07. The van der Waals surface area contributed by atoms with Crippen LogP contribution in [-0.4, -0.2) is 29.3 Å². The summed E-state index contributed by atoms with van der Waals surface area (Å²) in [5, 5.41) is 9.86. The van der Waals surface area contributed by atoms with E-state index in [9.17, 15) is 9.59 Å². The van der Waals surface area contributed by atoms with Crippen molar-refractivity contribution in [3.05, 3.63) is 54.1 Å². The predicted molar refractivity (Wildman–Crippen MR) is 101 cm³/mol. The molecule has 0 fully saturated rings. The van der Waals surface area contributed by atoms with E-state index in [1.165, 1.54) is 18.5 Å². The van der Waals surface area contributed by atoms with E-state index in [1.54, 1.807) is 24.3 Å². The van der Waals surface area contributed by atoms with Crippen molar-refractivity contribution in [1.29, 1.82) is 0 Å². The highest BCUT2D eigenvalue weighted by molar-refractivity contribution is 7.13. The van der Waals surface area contributed by atoms with Crippen molar-refractivity contribution in [3.63, 3.8) is 0 Å². The number of nitrogens with zero attached hydrogens (tertiary/aromatic N) is 1. The fourth-order valence-electron chi connectivity index (χ4n) is 2.38. The molecule has 0 unspecified atom stereocenters. The van der Waals surface area contributed by atoms with Crippen LogP contribution >= 0.6 is 11.5 Å². The summed E-state index contributed by atoms with van der Waals surface area (Å²) in [6.07, 6.45) is 0. The zero-order valence-electron chi connectivity index (χ0n) is 13.7. The molecule has 25 heavy (non-hydrogen) atoms. The Morgan fingerprint density at radius 3 is 2.56 bits per heavy atom. The van der Waals surface area contributed by atoms with Crippen LogP contribution in [0.4, 0.5) is 11.5 Å². The van der Waals surface area contributed by atoms with Gasteiger partial charge < -0.3 is 16.0 Å². The van der Waals surface area contributed by atoms with Crippen molar-refractivity contribution in [3.8, 4) is 0 Å². The fraction of sp³-hybridized carbons (Fsp3) is 0.167. The Kier molecular flexibility index (Phi) is 5.25. The van der Waals surface area contributed by atoms with Crippen LogP contribution in [-0.2, 0) is 4.79 Å². The van der Waals surface area contributed by atoms with Crippen LogP contribution in [0.5, 0.6) is 0 Å². The van der Waals surface area contributed by atoms with Crippen LogP contribution in [0.1, 0.15) is 17.3 Å². The van der Waals surface area contributed by atoms with Gasteiger partial charge in [-0.2, -0.15) is 4.37 Å². The first kappa shape index (κ1) is 16.9. The van der Waals surface area contributed by atoms with Gasteiger partial charge in [0.1, 0.15) is 5.82 Å². The lowest BCUT2D eigenvalue weighted by Crippen LogP contribution is -2.28. The molecule has 3 aromatic rings. The molecule has 0 saturated heterocycles. The van der Waals surface area contributed by atoms with Gasteiger partial charge in [0.15, 0.2) is 0 Å². The highest BCUT2D eigenvalue weighted by atomic mass is 32.1. The van der Waals surface area contributed by atoms with E-state index in [4.69, 9.17) is 0 Å². The summed E-state index contributed by atoms with van der Waals surface area (Å²) in [7, 11) is 0. The molecule has 0 aliphatic rings. The Labute approximate surface area is 149 Å². The Bertz CT molecular complexity index is 889. The van der Waals surface area contributed by atoms with Crippen molar-refractivity contribution in [2.45, 2.75) is 6.92 Å². The molecule has 3 N–H and O–H groups in total. The van der Waals surface area contributed by atoms with Gasteiger partial charge in [-0.1, -0.05) is 12.1 Å². The summed E-state index contributed by atoms with van der Waals surface area (Å²) in [6.45, 7) is 2.51. The molecular weight excluding hydrogens is 336 g/mol. The van der Waals surface area contributed by atoms with Gasteiger partial charge in [0.25, 0.3) is 5.91 Å². The number of carbonyl (C=O) groups excluding carboxylic acids is 2. The number of rotatable bonds is 6. The third-order valence-corrected chi connectivity index (χ3v) is 4.37. The first-order valence-electron chi connectivity index (χ1n) is 7.87. The second kappa shape index (κ2) is 7.76. The summed E-state index contributed by atoms with van der Waals surface area (Å²) in [6, 6.07) is 14.8. The summed E-state index contributed by atoms with van der Waals surface area (Å²) in [4.78, 5) is 23.1. The Morgan fingerprint density at radius 2 is 1.80 bits per heavy atom. The van der Waals surface area contributed by atoms with Gasteiger partial charge in [-0.15, -0.1) is 0 Å². The summed E-state index contributed by atoms with van der Waals surface area (Å²) < 4.78 is 5.52. The lowest BCUT2D eigenvalue weighted by molar-refractivity contribution is -0.114. The van der Waals surface area contributed by atoms with E-state index in [-0.39, 0.29) is 11.8 Å². The lowest BCUT2D eigenvalue weighted by atomic mass is 10.2. The first-order valence-corrected chi connectivity index (χ1v) is 8.65. The number of nitrogens with one attached hydrogen (secondary N) is 3. The number of anilines is 2. The number of aromatic nitrogens is 1.